The number of halogens is 1. The number of carbonyl (C=O) groups is 1. The van der Waals surface area contributed by atoms with Crippen LogP contribution in [0.3, 0.4) is 0 Å². The molecular formula is C16H23ClN2O. The largest absolute Gasteiger partial charge is 0.355 e. The molecular weight excluding hydrogens is 272 g/mol. The van der Waals surface area contributed by atoms with E-state index in [0.717, 1.165) is 30.2 Å². The summed E-state index contributed by atoms with van der Waals surface area (Å²) in [5.41, 5.74) is 1.04. The summed E-state index contributed by atoms with van der Waals surface area (Å²) in [4.78, 5) is 14.3. The summed E-state index contributed by atoms with van der Waals surface area (Å²) in [7, 11) is 0. The normalized spacial score (nSPS) is 19.2. The molecule has 20 heavy (non-hydrogen) atoms. The monoisotopic (exact) mass is 294 g/mol. The van der Waals surface area contributed by atoms with Crippen molar-refractivity contribution in [1.29, 1.82) is 0 Å². The molecule has 1 aliphatic heterocycles. The van der Waals surface area contributed by atoms with Crippen molar-refractivity contribution in [3.8, 4) is 0 Å². The fourth-order valence-electron chi connectivity index (χ4n) is 2.81. The van der Waals surface area contributed by atoms with Crippen molar-refractivity contribution in [2.45, 2.75) is 38.6 Å². The van der Waals surface area contributed by atoms with Gasteiger partial charge in [-0.25, -0.2) is 0 Å². The Kier molecular flexibility index (Phi) is 5.86. The van der Waals surface area contributed by atoms with E-state index in [1.807, 2.05) is 24.3 Å². The molecule has 0 aliphatic carbocycles. The Bertz CT molecular complexity index is 450. The summed E-state index contributed by atoms with van der Waals surface area (Å²) in [5, 5.41) is 3.80. The Hall–Kier alpha value is -1.06. The van der Waals surface area contributed by atoms with Crippen LogP contribution in [-0.4, -0.2) is 36.5 Å². The molecule has 0 unspecified atom stereocenters. The van der Waals surface area contributed by atoms with Crippen molar-refractivity contribution in [2.75, 3.05) is 19.6 Å². The molecule has 0 radical (unpaired) electrons. The average molecular weight is 295 g/mol. The Morgan fingerprint density at radius 2 is 2.25 bits per heavy atom. The Morgan fingerprint density at radius 1 is 1.45 bits per heavy atom. The summed E-state index contributed by atoms with van der Waals surface area (Å²) in [6.07, 6.45) is 3.64. The van der Waals surface area contributed by atoms with Gasteiger partial charge in [0.2, 0.25) is 5.91 Å². The first-order chi connectivity index (χ1) is 9.70. The van der Waals surface area contributed by atoms with E-state index in [9.17, 15) is 4.79 Å². The number of nitrogens with zero attached hydrogens (tertiary/aromatic N) is 1. The van der Waals surface area contributed by atoms with Crippen molar-refractivity contribution in [3.05, 3.63) is 34.9 Å². The maximum absolute atomic E-state index is 11.9. The first kappa shape index (κ1) is 15.3. The molecule has 1 amide bonds. The van der Waals surface area contributed by atoms with Crippen LogP contribution in [0.4, 0.5) is 0 Å². The van der Waals surface area contributed by atoms with Crippen LogP contribution in [0.5, 0.6) is 0 Å². The molecule has 0 bridgehead atoms. The molecule has 3 nitrogen and oxygen atoms in total. The highest BCUT2D eigenvalue weighted by Crippen LogP contribution is 2.17. The van der Waals surface area contributed by atoms with Gasteiger partial charge >= 0.3 is 0 Å². The standard InChI is InChI=1S/C16H23ClN2O/c1-2-19-11-5-7-14(19)12-18-16(20)10-9-13-6-3-4-8-15(13)17/h3-4,6,8,14H,2,5,7,9-12H2,1H3,(H,18,20)/t14-/m0/s1. The van der Waals surface area contributed by atoms with Gasteiger partial charge in [-0.15, -0.1) is 0 Å². The van der Waals surface area contributed by atoms with Gasteiger partial charge in [0.05, 0.1) is 0 Å². The van der Waals surface area contributed by atoms with Gasteiger partial charge in [-0.2, -0.15) is 0 Å². The summed E-state index contributed by atoms with van der Waals surface area (Å²) >= 11 is 6.09. The van der Waals surface area contributed by atoms with Crippen LogP contribution in [0.15, 0.2) is 24.3 Å². The lowest BCUT2D eigenvalue weighted by Crippen LogP contribution is -2.40. The SMILES string of the molecule is CCN1CCC[C@H]1CNC(=O)CCc1ccccc1Cl. The second-order valence-electron chi connectivity index (χ2n) is 5.32. The van der Waals surface area contributed by atoms with Gasteiger partial charge in [-0.05, 0) is 44.0 Å². The molecule has 1 heterocycles. The molecule has 0 aromatic heterocycles. The fourth-order valence-corrected chi connectivity index (χ4v) is 3.04. The zero-order chi connectivity index (χ0) is 14.4. The molecule has 1 N–H and O–H groups in total. The molecule has 1 fully saturated rings. The summed E-state index contributed by atoms with van der Waals surface area (Å²) in [6.45, 7) is 5.18. The number of nitrogens with one attached hydrogen (secondary N) is 1. The number of aryl methyl sites for hydroxylation is 1. The number of benzene rings is 1. The van der Waals surface area contributed by atoms with Gasteiger partial charge in [0.15, 0.2) is 0 Å². The Morgan fingerprint density at radius 3 is 3.00 bits per heavy atom. The van der Waals surface area contributed by atoms with E-state index in [-0.39, 0.29) is 5.91 Å². The zero-order valence-corrected chi connectivity index (χ0v) is 12.8. The lowest BCUT2D eigenvalue weighted by molar-refractivity contribution is -0.121. The Balaban J connectivity index is 1.72. The van der Waals surface area contributed by atoms with Gasteiger partial charge in [-0.3, -0.25) is 9.69 Å². The highest BCUT2D eigenvalue weighted by Gasteiger charge is 2.22. The van der Waals surface area contributed by atoms with E-state index < -0.39 is 0 Å². The summed E-state index contributed by atoms with van der Waals surface area (Å²) in [6, 6.07) is 8.23. The van der Waals surface area contributed by atoms with Gasteiger partial charge < -0.3 is 5.32 Å². The van der Waals surface area contributed by atoms with Crippen molar-refractivity contribution in [1.82, 2.24) is 10.2 Å². The van der Waals surface area contributed by atoms with E-state index in [1.165, 1.54) is 12.8 Å². The molecule has 2 rings (SSSR count). The predicted molar refractivity (Wildman–Crippen MR) is 83.1 cm³/mol. The maximum atomic E-state index is 11.9. The van der Waals surface area contributed by atoms with Crippen LogP contribution in [0.2, 0.25) is 5.02 Å². The zero-order valence-electron chi connectivity index (χ0n) is 12.1. The van der Waals surface area contributed by atoms with Crippen LogP contribution in [0, 0.1) is 0 Å². The Labute approximate surface area is 126 Å². The number of rotatable bonds is 6. The van der Waals surface area contributed by atoms with E-state index in [4.69, 9.17) is 11.6 Å². The third kappa shape index (κ3) is 4.22. The van der Waals surface area contributed by atoms with Crippen LogP contribution < -0.4 is 5.32 Å². The number of hydrogen-bond donors (Lipinski definition) is 1. The minimum Gasteiger partial charge on any atom is -0.355 e. The second-order valence-corrected chi connectivity index (χ2v) is 5.73. The summed E-state index contributed by atoms with van der Waals surface area (Å²) in [5.74, 6) is 0.118. The smallest absolute Gasteiger partial charge is 0.220 e. The highest BCUT2D eigenvalue weighted by atomic mass is 35.5. The molecule has 1 saturated heterocycles. The minimum absolute atomic E-state index is 0.118. The first-order valence-electron chi connectivity index (χ1n) is 7.45. The van der Waals surface area contributed by atoms with Crippen LogP contribution in [-0.2, 0) is 11.2 Å². The van der Waals surface area contributed by atoms with Crippen LogP contribution in [0.25, 0.3) is 0 Å². The van der Waals surface area contributed by atoms with Crippen molar-refractivity contribution < 1.29 is 4.79 Å². The molecule has 1 aromatic carbocycles. The maximum Gasteiger partial charge on any atom is 0.220 e. The molecule has 4 heteroatoms. The van der Waals surface area contributed by atoms with E-state index in [0.29, 0.717) is 18.9 Å². The van der Waals surface area contributed by atoms with Gasteiger partial charge in [0.25, 0.3) is 0 Å². The second kappa shape index (κ2) is 7.65. The summed E-state index contributed by atoms with van der Waals surface area (Å²) < 4.78 is 0. The van der Waals surface area contributed by atoms with Gasteiger partial charge in [0, 0.05) is 24.0 Å². The quantitative estimate of drug-likeness (QED) is 0.875. The molecule has 0 spiro atoms. The lowest BCUT2D eigenvalue weighted by atomic mass is 10.1. The molecule has 1 aromatic rings. The van der Waals surface area contributed by atoms with Crippen LogP contribution >= 0.6 is 11.6 Å². The highest BCUT2D eigenvalue weighted by molar-refractivity contribution is 6.31. The number of likely N-dealkylation sites (tertiary alicyclic amines) is 1. The van der Waals surface area contributed by atoms with Crippen molar-refractivity contribution in [3.63, 3.8) is 0 Å². The molecule has 1 aliphatic rings. The number of carbonyl (C=O) groups excluding carboxylic acids is 1. The molecule has 0 saturated carbocycles. The number of amides is 1. The third-order valence-electron chi connectivity index (χ3n) is 4.02. The van der Waals surface area contributed by atoms with Crippen molar-refractivity contribution in [2.24, 2.45) is 0 Å². The fraction of sp³-hybridized carbons (Fsp3) is 0.562. The van der Waals surface area contributed by atoms with Gasteiger partial charge in [0.1, 0.15) is 0 Å². The predicted octanol–water partition coefficient (Wildman–Crippen LogP) is 2.87. The van der Waals surface area contributed by atoms with E-state index in [2.05, 4.69) is 17.1 Å². The molecule has 1 atom stereocenters. The van der Waals surface area contributed by atoms with Crippen LogP contribution in [0.1, 0.15) is 31.7 Å². The third-order valence-corrected chi connectivity index (χ3v) is 4.39. The first-order valence-corrected chi connectivity index (χ1v) is 7.82. The molecule has 110 valence electrons. The lowest BCUT2D eigenvalue weighted by Gasteiger charge is -2.22. The van der Waals surface area contributed by atoms with Crippen molar-refractivity contribution >= 4 is 17.5 Å². The topological polar surface area (TPSA) is 32.3 Å². The number of likely N-dealkylation sites (N-methyl/N-ethyl adjacent to an activating group) is 1. The average Bonchev–Trinajstić information content (AvgIpc) is 2.91. The number of hydrogen-bond acceptors (Lipinski definition) is 2. The minimum atomic E-state index is 0.118. The van der Waals surface area contributed by atoms with E-state index in [1.54, 1.807) is 0 Å². The van der Waals surface area contributed by atoms with Gasteiger partial charge in [-0.1, -0.05) is 36.7 Å². The van der Waals surface area contributed by atoms with E-state index >= 15 is 0 Å².